The van der Waals surface area contributed by atoms with Crippen LogP contribution in [-0.2, 0) is 11.2 Å². The Hall–Kier alpha value is -1.38. The molecule has 2 aromatic carbocycles. The number of benzene rings is 2. The standard InChI is InChI=1S/C20H25NO/c1-22-11-9-20-14-19(20,8-10-21-15-20)13-16-6-7-17-4-2-3-5-18(17)12-16/h2-7,12,21H,8-11,13-15H2,1H3. The van der Waals surface area contributed by atoms with E-state index in [2.05, 4.69) is 47.8 Å². The highest BCUT2D eigenvalue weighted by molar-refractivity contribution is 5.83. The van der Waals surface area contributed by atoms with E-state index in [9.17, 15) is 0 Å². The van der Waals surface area contributed by atoms with Crippen LogP contribution in [0.5, 0.6) is 0 Å². The molecule has 2 unspecified atom stereocenters. The summed E-state index contributed by atoms with van der Waals surface area (Å²) in [5.41, 5.74) is 2.49. The Morgan fingerprint density at radius 2 is 1.95 bits per heavy atom. The summed E-state index contributed by atoms with van der Waals surface area (Å²) >= 11 is 0. The lowest BCUT2D eigenvalue weighted by Crippen LogP contribution is -2.38. The van der Waals surface area contributed by atoms with Crippen LogP contribution in [0.4, 0.5) is 0 Å². The molecule has 2 nitrogen and oxygen atoms in total. The molecule has 1 aliphatic carbocycles. The molecule has 2 atom stereocenters. The fraction of sp³-hybridized carbons (Fsp3) is 0.500. The summed E-state index contributed by atoms with van der Waals surface area (Å²) in [6.07, 6.45) is 5.10. The molecule has 4 rings (SSSR count). The third kappa shape index (κ3) is 2.26. The van der Waals surface area contributed by atoms with Crippen LogP contribution < -0.4 is 5.32 Å². The number of hydrogen-bond donors (Lipinski definition) is 1. The van der Waals surface area contributed by atoms with E-state index in [1.54, 1.807) is 0 Å². The van der Waals surface area contributed by atoms with Gasteiger partial charge < -0.3 is 10.1 Å². The molecule has 2 aromatic rings. The first-order valence-electron chi connectivity index (χ1n) is 8.44. The quantitative estimate of drug-likeness (QED) is 0.906. The van der Waals surface area contributed by atoms with Crippen molar-refractivity contribution in [2.75, 3.05) is 26.8 Å². The van der Waals surface area contributed by atoms with Gasteiger partial charge in [-0.1, -0.05) is 42.5 Å². The molecule has 1 heterocycles. The molecular weight excluding hydrogens is 270 g/mol. The third-order valence-electron chi connectivity index (χ3n) is 6.06. The average molecular weight is 295 g/mol. The van der Waals surface area contributed by atoms with Crippen LogP contribution in [0.2, 0.25) is 0 Å². The monoisotopic (exact) mass is 295 g/mol. The number of hydrogen-bond acceptors (Lipinski definition) is 2. The number of piperidine rings is 1. The molecular formula is C20H25NO. The van der Waals surface area contributed by atoms with Gasteiger partial charge in [-0.2, -0.15) is 0 Å². The lowest BCUT2D eigenvalue weighted by Gasteiger charge is -2.31. The minimum Gasteiger partial charge on any atom is -0.385 e. The minimum absolute atomic E-state index is 0.479. The second kappa shape index (κ2) is 5.36. The molecule has 0 aromatic heterocycles. The molecule has 2 aliphatic rings. The Labute approximate surface area is 132 Å². The Bertz CT molecular complexity index is 682. The van der Waals surface area contributed by atoms with Crippen LogP contribution in [-0.4, -0.2) is 26.8 Å². The number of rotatable bonds is 5. The molecule has 0 amide bonds. The average Bonchev–Trinajstić information content (AvgIpc) is 3.21. The van der Waals surface area contributed by atoms with Crippen LogP contribution in [0.1, 0.15) is 24.8 Å². The maximum atomic E-state index is 5.36. The van der Waals surface area contributed by atoms with E-state index in [1.807, 2.05) is 7.11 Å². The van der Waals surface area contributed by atoms with Crippen LogP contribution in [0.15, 0.2) is 42.5 Å². The summed E-state index contributed by atoms with van der Waals surface area (Å²) in [6, 6.07) is 15.7. The highest BCUT2D eigenvalue weighted by Crippen LogP contribution is 2.70. The van der Waals surface area contributed by atoms with E-state index in [1.165, 1.54) is 55.1 Å². The SMILES string of the molecule is COCCC12CNCCC1(Cc1ccc3ccccc3c1)C2. The van der Waals surface area contributed by atoms with Gasteiger partial charge in [0.15, 0.2) is 0 Å². The highest BCUT2D eigenvalue weighted by atomic mass is 16.5. The number of nitrogens with one attached hydrogen (secondary N) is 1. The molecule has 0 spiro atoms. The third-order valence-corrected chi connectivity index (χ3v) is 6.06. The van der Waals surface area contributed by atoms with Gasteiger partial charge in [-0.05, 0) is 59.4 Å². The zero-order valence-electron chi connectivity index (χ0n) is 13.4. The zero-order valence-corrected chi connectivity index (χ0v) is 13.4. The van der Waals surface area contributed by atoms with Crippen LogP contribution >= 0.6 is 0 Å². The van der Waals surface area contributed by atoms with Crippen molar-refractivity contribution in [2.24, 2.45) is 10.8 Å². The summed E-state index contributed by atoms with van der Waals surface area (Å²) in [6.45, 7) is 3.23. The summed E-state index contributed by atoms with van der Waals surface area (Å²) in [5.74, 6) is 0. The molecule has 1 saturated heterocycles. The second-order valence-electron chi connectivity index (χ2n) is 7.27. The van der Waals surface area contributed by atoms with E-state index in [0.29, 0.717) is 10.8 Å². The lowest BCUT2D eigenvalue weighted by atomic mass is 9.80. The Kier molecular flexibility index (Phi) is 3.47. The van der Waals surface area contributed by atoms with Crippen LogP contribution in [0.3, 0.4) is 0 Å². The molecule has 116 valence electrons. The minimum atomic E-state index is 0.479. The lowest BCUT2D eigenvalue weighted by molar-refractivity contribution is 0.143. The molecule has 1 saturated carbocycles. The zero-order chi connectivity index (χ0) is 15.0. The maximum absolute atomic E-state index is 5.36. The van der Waals surface area contributed by atoms with E-state index in [-0.39, 0.29) is 0 Å². The van der Waals surface area contributed by atoms with Crippen LogP contribution in [0, 0.1) is 10.8 Å². The van der Waals surface area contributed by atoms with Gasteiger partial charge in [-0.3, -0.25) is 0 Å². The van der Waals surface area contributed by atoms with Gasteiger partial charge in [0.2, 0.25) is 0 Å². The fourth-order valence-corrected chi connectivity index (χ4v) is 4.68. The van der Waals surface area contributed by atoms with Crippen molar-refractivity contribution in [1.82, 2.24) is 5.32 Å². The van der Waals surface area contributed by atoms with Crippen molar-refractivity contribution in [2.45, 2.75) is 25.7 Å². The largest absolute Gasteiger partial charge is 0.385 e. The van der Waals surface area contributed by atoms with Crippen molar-refractivity contribution < 1.29 is 4.74 Å². The first kappa shape index (κ1) is 14.2. The van der Waals surface area contributed by atoms with Crippen molar-refractivity contribution in [1.29, 1.82) is 0 Å². The molecule has 0 radical (unpaired) electrons. The van der Waals surface area contributed by atoms with E-state index in [0.717, 1.165) is 6.61 Å². The maximum Gasteiger partial charge on any atom is 0.0468 e. The van der Waals surface area contributed by atoms with E-state index >= 15 is 0 Å². The Balaban J connectivity index is 1.58. The smallest absolute Gasteiger partial charge is 0.0468 e. The summed E-state index contributed by atoms with van der Waals surface area (Å²) in [4.78, 5) is 0. The number of methoxy groups -OCH3 is 1. The fourth-order valence-electron chi connectivity index (χ4n) is 4.68. The molecule has 1 aliphatic heterocycles. The van der Waals surface area contributed by atoms with Gasteiger partial charge >= 0.3 is 0 Å². The summed E-state index contributed by atoms with van der Waals surface area (Å²) < 4.78 is 5.36. The molecule has 0 bridgehead atoms. The topological polar surface area (TPSA) is 21.3 Å². The number of fused-ring (bicyclic) bond motifs is 2. The highest BCUT2D eigenvalue weighted by Gasteiger charge is 2.66. The molecule has 2 heteroatoms. The van der Waals surface area contributed by atoms with Crippen molar-refractivity contribution in [3.8, 4) is 0 Å². The van der Waals surface area contributed by atoms with Crippen molar-refractivity contribution in [3.05, 3.63) is 48.0 Å². The summed E-state index contributed by atoms with van der Waals surface area (Å²) in [5, 5.41) is 6.32. The van der Waals surface area contributed by atoms with Gasteiger partial charge in [0, 0.05) is 20.3 Å². The van der Waals surface area contributed by atoms with Gasteiger partial charge in [-0.25, -0.2) is 0 Å². The van der Waals surface area contributed by atoms with Gasteiger partial charge in [-0.15, -0.1) is 0 Å². The van der Waals surface area contributed by atoms with Crippen molar-refractivity contribution >= 4 is 10.8 Å². The molecule has 22 heavy (non-hydrogen) atoms. The van der Waals surface area contributed by atoms with Crippen molar-refractivity contribution in [3.63, 3.8) is 0 Å². The predicted octanol–water partition coefficient (Wildman–Crippen LogP) is 3.79. The second-order valence-corrected chi connectivity index (χ2v) is 7.27. The van der Waals surface area contributed by atoms with Gasteiger partial charge in [0.1, 0.15) is 0 Å². The Morgan fingerprint density at radius 3 is 2.82 bits per heavy atom. The van der Waals surface area contributed by atoms with Gasteiger partial charge in [0.05, 0.1) is 0 Å². The van der Waals surface area contributed by atoms with E-state index in [4.69, 9.17) is 4.74 Å². The first-order chi connectivity index (χ1) is 10.8. The molecule has 1 N–H and O–H groups in total. The van der Waals surface area contributed by atoms with Gasteiger partial charge in [0.25, 0.3) is 0 Å². The predicted molar refractivity (Wildman–Crippen MR) is 91.1 cm³/mol. The summed E-state index contributed by atoms with van der Waals surface area (Å²) in [7, 11) is 1.82. The van der Waals surface area contributed by atoms with E-state index < -0.39 is 0 Å². The first-order valence-corrected chi connectivity index (χ1v) is 8.44. The number of ether oxygens (including phenoxy) is 1. The van der Waals surface area contributed by atoms with Crippen LogP contribution in [0.25, 0.3) is 10.8 Å². The molecule has 2 fully saturated rings. The Morgan fingerprint density at radius 1 is 1.09 bits per heavy atom. The normalized spacial score (nSPS) is 30.2.